The molecule has 0 amide bonds. The normalized spacial score (nSPS) is 12.2. The Morgan fingerprint density at radius 1 is 0.292 bits per heavy atom. The van der Waals surface area contributed by atoms with Crippen molar-refractivity contribution in [3.63, 3.8) is 0 Å². The fourth-order valence-corrected chi connectivity index (χ4v) is 8.10. The average Bonchev–Trinajstić information content (AvgIpc) is 3.71. The molecular formula is C46H26O2. The van der Waals surface area contributed by atoms with Gasteiger partial charge in [0.25, 0.3) is 0 Å². The molecule has 11 rings (SSSR count). The zero-order chi connectivity index (χ0) is 31.3. The van der Waals surface area contributed by atoms with Crippen molar-refractivity contribution < 1.29 is 8.83 Å². The van der Waals surface area contributed by atoms with Crippen molar-refractivity contribution in [1.82, 2.24) is 0 Å². The molecule has 0 radical (unpaired) electrons. The van der Waals surface area contributed by atoms with Crippen LogP contribution in [0.2, 0.25) is 0 Å². The van der Waals surface area contributed by atoms with Gasteiger partial charge in [-0.25, -0.2) is 0 Å². The number of fused-ring (bicyclic) bond motifs is 6. The fraction of sp³-hybridized carbons (Fsp3) is 0. The summed E-state index contributed by atoms with van der Waals surface area (Å²) in [5.74, 6) is 0. The summed E-state index contributed by atoms with van der Waals surface area (Å²) in [5, 5.41) is 12.0. The molecule has 0 saturated carbocycles. The second-order valence-corrected chi connectivity index (χ2v) is 12.8. The molecule has 2 heterocycles. The minimum Gasteiger partial charge on any atom is -0.456 e. The topological polar surface area (TPSA) is 26.3 Å². The summed E-state index contributed by atoms with van der Waals surface area (Å²) in [4.78, 5) is 0. The van der Waals surface area contributed by atoms with Gasteiger partial charge >= 0.3 is 0 Å². The first-order valence-corrected chi connectivity index (χ1v) is 16.4. The van der Waals surface area contributed by atoms with E-state index in [1.54, 1.807) is 0 Å². The van der Waals surface area contributed by atoms with Crippen molar-refractivity contribution >= 4 is 76.2 Å². The maximum atomic E-state index is 6.49. The molecule has 0 bridgehead atoms. The molecule has 0 atom stereocenters. The van der Waals surface area contributed by atoms with Crippen LogP contribution in [0, 0.1) is 0 Å². The minimum atomic E-state index is 0.838. The molecule has 0 aliphatic heterocycles. The van der Waals surface area contributed by atoms with E-state index in [1.165, 1.54) is 60.1 Å². The van der Waals surface area contributed by atoms with E-state index < -0.39 is 0 Å². The maximum absolute atomic E-state index is 6.49. The van der Waals surface area contributed by atoms with Gasteiger partial charge in [-0.1, -0.05) is 140 Å². The van der Waals surface area contributed by atoms with Crippen LogP contribution in [0.1, 0.15) is 0 Å². The number of rotatable bonds is 3. The van der Waals surface area contributed by atoms with Crippen LogP contribution >= 0.6 is 0 Å². The third kappa shape index (κ3) is 3.52. The third-order valence-electron chi connectivity index (χ3n) is 10.2. The van der Waals surface area contributed by atoms with E-state index in [1.807, 2.05) is 12.1 Å². The number of benzene rings is 9. The zero-order valence-corrected chi connectivity index (χ0v) is 25.8. The van der Waals surface area contributed by atoms with Crippen molar-refractivity contribution in [2.24, 2.45) is 0 Å². The smallest absolute Gasteiger partial charge is 0.139 e. The summed E-state index contributed by atoms with van der Waals surface area (Å²) in [5.41, 5.74) is 10.7. The second kappa shape index (κ2) is 9.57. The molecule has 0 spiro atoms. The highest BCUT2D eigenvalue weighted by Gasteiger charge is 2.23. The number of para-hydroxylation sites is 2. The molecule has 2 aromatic heterocycles. The molecule has 0 aliphatic carbocycles. The Morgan fingerprint density at radius 2 is 0.771 bits per heavy atom. The van der Waals surface area contributed by atoms with E-state index in [9.17, 15) is 0 Å². The predicted octanol–water partition coefficient (Wildman–Crippen LogP) is 13.4. The summed E-state index contributed by atoms with van der Waals surface area (Å²) in [6, 6.07) is 56.6. The third-order valence-corrected chi connectivity index (χ3v) is 10.2. The van der Waals surface area contributed by atoms with E-state index in [0.29, 0.717) is 0 Å². The van der Waals surface area contributed by atoms with Gasteiger partial charge in [0.2, 0.25) is 0 Å². The molecule has 0 unspecified atom stereocenters. The summed E-state index contributed by atoms with van der Waals surface area (Å²) >= 11 is 0. The van der Waals surface area contributed by atoms with Gasteiger partial charge < -0.3 is 8.83 Å². The van der Waals surface area contributed by atoms with E-state index >= 15 is 0 Å². The van der Waals surface area contributed by atoms with Gasteiger partial charge in [0, 0.05) is 33.2 Å². The Kier molecular flexibility index (Phi) is 5.14. The fourth-order valence-electron chi connectivity index (χ4n) is 8.10. The van der Waals surface area contributed by atoms with Gasteiger partial charge in [-0.05, 0) is 72.3 Å². The molecule has 222 valence electrons. The quantitative estimate of drug-likeness (QED) is 0.186. The highest BCUT2D eigenvalue weighted by atomic mass is 16.3. The number of furan rings is 2. The minimum absolute atomic E-state index is 0.838. The van der Waals surface area contributed by atoms with E-state index in [-0.39, 0.29) is 0 Å². The van der Waals surface area contributed by atoms with Crippen molar-refractivity contribution in [3.05, 3.63) is 158 Å². The Morgan fingerprint density at radius 3 is 1.40 bits per heavy atom. The second-order valence-electron chi connectivity index (χ2n) is 12.8. The lowest BCUT2D eigenvalue weighted by Crippen LogP contribution is -1.90. The van der Waals surface area contributed by atoms with Crippen LogP contribution in [0.3, 0.4) is 0 Å². The van der Waals surface area contributed by atoms with Crippen LogP contribution < -0.4 is 0 Å². The number of hydrogen-bond acceptors (Lipinski definition) is 2. The summed E-state index contributed by atoms with van der Waals surface area (Å²) < 4.78 is 13.0. The lowest BCUT2D eigenvalue weighted by atomic mass is 9.85. The maximum Gasteiger partial charge on any atom is 0.139 e. The molecule has 11 aromatic rings. The molecule has 2 nitrogen and oxygen atoms in total. The van der Waals surface area contributed by atoms with Gasteiger partial charge in [0.15, 0.2) is 0 Å². The lowest BCUT2D eigenvalue weighted by Gasteiger charge is -2.17. The van der Waals surface area contributed by atoms with Crippen molar-refractivity contribution in [2.75, 3.05) is 0 Å². The Bertz CT molecular complexity index is 2940. The molecule has 0 N–H and O–H groups in total. The van der Waals surface area contributed by atoms with Crippen LogP contribution in [0.4, 0.5) is 0 Å². The van der Waals surface area contributed by atoms with Gasteiger partial charge in [-0.3, -0.25) is 0 Å². The van der Waals surface area contributed by atoms with Gasteiger partial charge in [0.05, 0.1) is 0 Å². The Hall–Kier alpha value is -6.38. The van der Waals surface area contributed by atoms with Gasteiger partial charge in [-0.2, -0.15) is 0 Å². The van der Waals surface area contributed by atoms with Crippen LogP contribution in [-0.4, -0.2) is 0 Å². The lowest BCUT2D eigenvalue weighted by molar-refractivity contribution is 0.656. The van der Waals surface area contributed by atoms with E-state index in [0.717, 1.165) is 49.4 Å². The summed E-state index contributed by atoms with van der Waals surface area (Å²) in [7, 11) is 0. The van der Waals surface area contributed by atoms with Crippen LogP contribution in [0.25, 0.3) is 110 Å². The first-order chi connectivity index (χ1) is 23.8. The summed E-state index contributed by atoms with van der Waals surface area (Å²) in [6.07, 6.45) is 0. The summed E-state index contributed by atoms with van der Waals surface area (Å²) in [6.45, 7) is 0. The standard InChI is InChI=1S/C46H26O2/c1-2-8-27(9-3-1)28-14-16-29(17-15-28)32-22-18-30-20-24-34-35(25-21-31-19-23-33(32)42(30)43(31)34)46-44-36-10-4-6-12-38(36)47-40(44)26-41-45(46)37-11-5-7-13-39(37)48-41/h1-26H. The highest BCUT2D eigenvalue weighted by molar-refractivity contribution is 6.32. The van der Waals surface area contributed by atoms with Crippen LogP contribution in [-0.2, 0) is 0 Å². The number of hydrogen-bond donors (Lipinski definition) is 0. The first kappa shape index (κ1) is 25.8. The van der Waals surface area contributed by atoms with Gasteiger partial charge in [0.1, 0.15) is 22.3 Å². The molecule has 0 aliphatic rings. The molecular weight excluding hydrogens is 585 g/mol. The highest BCUT2D eigenvalue weighted by Crippen LogP contribution is 2.49. The van der Waals surface area contributed by atoms with Gasteiger partial charge in [-0.15, -0.1) is 0 Å². The van der Waals surface area contributed by atoms with E-state index in [2.05, 4.69) is 146 Å². The average molecular weight is 611 g/mol. The Labute approximate surface area is 275 Å². The molecule has 9 aromatic carbocycles. The van der Waals surface area contributed by atoms with Crippen molar-refractivity contribution in [1.29, 1.82) is 0 Å². The SMILES string of the molecule is c1ccc(-c2ccc(-c3ccc4ccc5c(-c6c7c(cc8oc9ccccc9c68)oc6ccccc67)ccc6ccc3c4c65)cc2)cc1. The Balaban J connectivity index is 1.22. The first-order valence-electron chi connectivity index (χ1n) is 16.4. The van der Waals surface area contributed by atoms with Crippen LogP contribution in [0.15, 0.2) is 167 Å². The van der Waals surface area contributed by atoms with Crippen LogP contribution in [0.5, 0.6) is 0 Å². The predicted molar refractivity (Wildman–Crippen MR) is 201 cm³/mol. The molecule has 2 heteroatoms. The largest absolute Gasteiger partial charge is 0.456 e. The monoisotopic (exact) mass is 610 g/mol. The molecule has 0 saturated heterocycles. The molecule has 48 heavy (non-hydrogen) atoms. The van der Waals surface area contributed by atoms with E-state index in [4.69, 9.17) is 8.83 Å². The molecule has 0 fully saturated rings. The van der Waals surface area contributed by atoms with Crippen molar-refractivity contribution in [2.45, 2.75) is 0 Å². The zero-order valence-electron chi connectivity index (χ0n) is 25.8. The van der Waals surface area contributed by atoms with Crippen molar-refractivity contribution in [3.8, 4) is 33.4 Å².